The Morgan fingerprint density at radius 2 is 1.96 bits per heavy atom. The van der Waals surface area contributed by atoms with Gasteiger partial charge in [0.1, 0.15) is 5.60 Å². The third kappa shape index (κ3) is 3.26. The van der Waals surface area contributed by atoms with E-state index in [2.05, 4.69) is 11.0 Å². The molecule has 2 aliphatic carbocycles. The quantitative estimate of drug-likeness (QED) is 0.821. The SMILES string of the molecule is COC1(c2cccc(C(N)=O)c2)C2CCCC1CN(CC1(O)CC1)C2.Cl. The Morgan fingerprint density at radius 3 is 2.50 bits per heavy atom. The number of rotatable bonds is 5. The van der Waals surface area contributed by atoms with Crippen LogP contribution in [-0.2, 0) is 10.3 Å². The molecule has 3 aliphatic rings. The molecule has 1 aromatic rings. The Kier molecular flexibility index (Phi) is 5.37. The number of nitrogens with two attached hydrogens (primary N) is 1. The standard InChI is InChI=1S/C20H28N2O3.ClH/c1-25-20(15-5-2-4-14(10-15)18(21)23)16-6-3-7-17(20)12-22(11-16)13-19(24)8-9-19;/h2,4-5,10,16-17,24H,3,6-9,11-13H2,1H3,(H2,21,23);1H. The molecule has 0 spiro atoms. The van der Waals surface area contributed by atoms with E-state index in [4.69, 9.17) is 10.5 Å². The van der Waals surface area contributed by atoms with Gasteiger partial charge in [-0.25, -0.2) is 0 Å². The van der Waals surface area contributed by atoms with Gasteiger partial charge in [0, 0.05) is 44.1 Å². The second kappa shape index (κ2) is 7.12. The molecule has 2 atom stereocenters. The first kappa shape index (κ1) is 19.6. The number of piperidine rings is 1. The number of methoxy groups -OCH3 is 1. The number of halogens is 1. The van der Waals surface area contributed by atoms with Crippen LogP contribution in [-0.4, -0.2) is 48.3 Å². The van der Waals surface area contributed by atoms with Crippen LogP contribution in [0.2, 0.25) is 0 Å². The summed E-state index contributed by atoms with van der Waals surface area (Å²) in [6.07, 6.45) is 5.29. The molecule has 0 radical (unpaired) electrons. The van der Waals surface area contributed by atoms with Crippen molar-refractivity contribution in [2.75, 3.05) is 26.7 Å². The van der Waals surface area contributed by atoms with E-state index in [1.54, 1.807) is 13.2 Å². The van der Waals surface area contributed by atoms with E-state index in [-0.39, 0.29) is 18.0 Å². The maximum atomic E-state index is 11.6. The van der Waals surface area contributed by atoms with Crippen LogP contribution in [0.5, 0.6) is 0 Å². The number of benzene rings is 1. The van der Waals surface area contributed by atoms with Gasteiger partial charge in [-0.3, -0.25) is 9.69 Å². The number of fused-ring (bicyclic) bond motifs is 2. The van der Waals surface area contributed by atoms with E-state index in [0.717, 1.165) is 50.9 Å². The van der Waals surface area contributed by atoms with Crippen molar-refractivity contribution in [2.24, 2.45) is 17.6 Å². The number of nitrogens with zero attached hydrogens (tertiary/aromatic N) is 1. The molecule has 2 saturated carbocycles. The Bertz CT molecular complexity index is 663. The highest BCUT2D eigenvalue weighted by molar-refractivity contribution is 5.92. The molecule has 1 heterocycles. The minimum absolute atomic E-state index is 0. The van der Waals surface area contributed by atoms with E-state index in [0.29, 0.717) is 17.4 Å². The molecule has 1 aromatic carbocycles. The zero-order valence-corrected chi connectivity index (χ0v) is 16.1. The van der Waals surface area contributed by atoms with Crippen molar-refractivity contribution >= 4 is 18.3 Å². The van der Waals surface area contributed by atoms with Crippen molar-refractivity contribution in [3.8, 4) is 0 Å². The van der Waals surface area contributed by atoms with Crippen molar-refractivity contribution < 1.29 is 14.6 Å². The highest BCUT2D eigenvalue weighted by atomic mass is 35.5. The Balaban J connectivity index is 0.00000196. The lowest BCUT2D eigenvalue weighted by molar-refractivity contribution is -0.172. The third-order valence-corrected chi connectivity index (χ3v) is 6.56. The van der Waals surface area contributed by atoms with Crippen LogP contribution in [0.4, 0.5) is 0 Å². The van der Waals surface area contributed by atoms with Crippen molar-refractivity contribution in [3.05, 3.63) is 35.4 Å². The maximum absolute atomic E-state index is 11.6. The lowest BCUT2D eigenvalue weighted by atomic mass is 9.62. The number of hydrogen-bond donors (Lipinski definition) is 2. The van der Waals surface area contributed by atoms with Gasteiger partial charge in [-0.1, -0.05) is 18.6 Å². The molecule has 3 fully saturated rings. The number of primary amides is 1. The second-order valence-electron chi connectivity index (χ2n) is 8.19. The second-order valence-corrected chi connectivity index (χ2v) is 8.19. The lowest BCUT2D eigenvalue weighted by Crippen LogP contribution is -2.60. The maximum Gasteiger partial charge on any atom is 0.248 e. The van der Waals surface area contributed by atoms with E-state index < -0.39 is 11.5 Å². The van der Waals surface area contributed by atoms with Crippen molar-refractivity contribution in [2.45, 2.75) is 43.3 Å². The van der Waals surface area contributed by atoms with E-state index in [9.17, 15) is 9.90 Å². The fourth-order valence-electron chi connectivity index (χ4n) is 5.21. The molecule has 26 heavy (non-hydrogen) atoms. The highest BCUT2D eigenvalue weighted by Crippen LogP contribution is 2.52. The van der Waals surface area contributed by atoms with Gasteiger partial charge in [-0.15, -0.1) is 12.4 Å². The van der Waals surface area contributed by atoms with Crippen molar-refractivity contribution in [1.82, 2.24) is 4.90 Å². The first-order valence-corrected chi connectivity index (χ1v) is 9.37. The largest absolute Gasteiger partial charge is 0.389 e. The molecule has 0 aromatic heterocycles. The van der Waals surface area contributed by atoms with Gasteiger partial charge < -0.3 is 15.6 Å². The molecule has 1 saturated heterocycles. The van der Waals surface area contributed by atoms with E-state index >= 15 is 0 Å². The number of likely N-dealkylation sites (tertiary alicyclic amines) is 1. The fourth-order valence-corrected chi connectivity index (χ4v) is 5.21. The average Bonchev–Trinajstić information content (AvgIpc) is 3.31. The summed E-state index contributed by atoms with van der Waals surface area (Å²) in [4.78, 5) is 14.1. The first-order valence-electron chi connectivity index (χ1n) is 9.37. The number of amides is 1. The van der Waals surface area contributed by atoms with Crippen LogP contribution >= 0.6 is 12.4 Å². The van der Waals surface area contributed by atoms with Gasteiger partial charge in [0.15, 0.2) is 0 Å². The summed E-state index contributed by atoms with van der Waals surface area (Å²) in [6.45, 7) is 2.65. The molecule has 6 heteroatoms. The monoisotopic (exact) mass is 380 g/mol. The van der Waals surface area contributed by atoms with Crippen LogP contribution in [0.15, 0.2) is 24.3 Å². The number of carbonyl (C=O) groups excluding carboxylic acids is 1. The van der Waals surface area contributed by atoms with Gasteiger partial charge >= 0.3 is 0 Å². The fraction of sp³-hybridized carbons (Fsp3) is 0.650. The average molecular weight is 381 g/mol. The smallest absolute Gasteiger partial charge is 0.248 e. The van der Waals surface area contributed by atoms with Crippen molar-refractivity contribution in [1.29, 1.82) is 0 Å². The van der Waals surface area contributed by atoms with Gasteiger partial charge in [-0.05, 0) is 43.4 Å². The summed E-state index contributed by atoms with van der Waals surface area (Å²) in [5.41, 5.74) is 6.31. The van der Waals surface area contributed by atoms with Gasteiger partial charge in [-0.2, -0.15) is 0 Å². The van der Waals surface area contributed by atoms with Crippen LogP contribution in [0.25, 0.3) is 0 Å². The topological polar surface area (TPSA) is 75.8 Å². The Labute approximate surface area is 161 Å². The number of hydrogen-bond acceptors (Lipinski definition) is 4. The summed E-state index contributed by atoms with van der Waals surface area (Å²) in [7, 11) is 1.80. The van der Waals surface area contributed by atoms with Gasteiger partial charge in [0.05, 0.1) is 5.60 Å². The highest BCUT2D eigenvalue weighted by Gasteiger charge is 2.54. The van der Waals surface area contributed by atoms with Crippen molar-refractivity contribution in [3.63, 3.8) is 0 Å². The molecular formula is C20H29ClN2O3. The number of ether oxygens (including phenoxy) is 1. The minimum atomic E-state index is -0.451. The summed E-state index contributed by atoms with van der Waals surface area (Å²) < 4.78 is 6.22. The molecule has 2 unspecified atom stereocenters. The zero-order chi connectivity index (χ0) is 17.7. The summed E-state index contributed by atoms with van der Waals surface area (Å²) in [5, 5.41) is 10.3. The molecule has 4 rings (SSSR count). The number of β-amino-alcohol motifs (C(OH)–C–C–N with tert-alkyl or cyclic N) is 1. The van der Waals surface area contributed by atoms with Crippen LogP contribution in [0.3, 0.4) is 0 Å². The number of carbonyl (C=O) groups is 1. The van der Waals surface area contributed by atoms with Crippen LogP contribution < -0.4 is 5.73 Å². The molecule has 3 N–H and O–H groups in total. The van der Waals surface area contributed by atoms with Gasteiger partial charge in [0.2, 0.25) is 5.91 Å². The van der Waals surface area contributed by atoms with E-state index in [1.165, 1.54) is 6.42 Å². The van der Waals surface area contributed by atoms with E-state index in [1.807, 2.05) is 12.1 Å². The predicted octanol–water partition coefficient (Wildman–Crippen LogP) is 2.31. The van der Waals surface area contributed by atoms with Crippen LogP contribution in [0.1, 0.15) is 48.0 Å². The lowest BCUT2D eigenvalue weighted by Gasteiger charge is -2.55. The van der Waals surface area contributed by atoms with Crippen LogP contribution in [0, 0.1) is 11.8 Å². The molecule has 144 valence electrons. The summed E-state index contributed by atoms with van der Waals surface area (Å²) >= 11 is 0. The molecule has 1 aliphatic heterocycles. The molecule has 5 nitrogen and oxygen atoms in total. The van der Waals surface area contributed by atoms with Gasteiger partial charge in [0.25, 0.3) is 0 Å². The summed E-state index contributed by atoms with van der Waals surface area (Å²) in [5.74, 6) is 0.345. The minimum Gasteiger partial charge on any atom is -0.389 e. The predicted molar refractivity (Wildman–Crippen MR) is 102 cm³/mol. The molecular weight excluding hydrogens is 352 g/mol. The molecule has 2 bridgehead atoms. The Hall–Kier alpha value is -1.14. The number of aliphatic hydroxyl groups is 1. The zero-order valence-electron chi connectivity index (χ0n) is 15.3. The Morgan fingerprint density at radius 1 is 1.31 bits per heavy atom. The summed E-state index contributed by atoms with van der Waals surface area (Å²) in [6, 6.07) is 7.67. The first-order chi connectivity index (χ1) is 12.0. The normalized spacial score (nSPS) is 32.5. The third-order valence-electron chi connectivity index (χ3n) is 6.56. The molecule has 1 amide bonds.